The fraction of sp³-hybridized carbons (Fsp3) is 0.267. The highest BCUT2D eigenvalue weighted by atomic mass is 32.2. The molecule has 0 spiro atoms. The molecule has 2 rings (SSSR count). The minimum atomic E-state index is -0.498. The lowest BCUT2D eigenvalue weighted by Gasteiger charge is -2.11. The average molecular weight is 303 g/mol. The third-order valence-electron chi connectivity index (χ3n) is 2.84. The Kier molecular flexibility index (Phi) is 5.16. The molecule has 0 fully saturated rings. The molecule has 0 saturated heterocycles. The van der Waals surface area contributed by atoms with Crippen LogP contribution in [0, 0.1) is 0 Å². The third-order valence-corrected chi connectivity index (χ3v) is 3.88. The average Bonchev–Trinajstić information content (AvgIpc) is 2.48. The summed E-state index contributed by atoms with van der Waals surface area (Å²) in [7, 11) is 0. The number of hydrogen-bond donors (Lipinski definition) is 1. The molecule has 1 aromatic carbocycles. The quantitative estimate of drug-likeness (QED) is 0.519. The van der Waals surface area contributed by atoms with Crippen LogP contribution in [-0.2, 0) is 4.74 Å². The molecule has 2 N–H and O–H groups in total. The van der Waals surface area contributed by atoms with Crippen LogP contribution in [0.15, 0.2) is 41.7 Å². The van der Waals surface area contributed by atoms with E-state index in [1.165, 1.54) is 23.5 Å². The van der Waals surface area contributed by atoms with E-state index in [1.807, 2.05) is 30.3 Å². The number of nitrogen functional groups attached to an aromatic ring is 1. The van der Waals surface area contributed by atoms with E-state index >= 15 is 0 Å². The number of benzene rings is 1. The van der Waals surface area contributed by atoms with Crippen LogP contribution in [0.5, 0.6) is 0 Å². The van der Waals surface area contributed by atoms with Crippen molar-refractivity contribution in [3.63, 3.8) is 0 Å². The highest BCUT2D eigenvalue weighted by Crippen LogP contribution is 2.32. The molecule has 0 bridgehead atoms. The number of ether oxygens (including phenoxy) is 1. The van der Waals surface area contributed by atoms with Gasteiger partial charge in [-0.25, -0.2) is 14.8 Å². The van der Waals surface area contributed by atoms with Gasteiger partial charge < -0.3 is 10.5 Å². The molecule has 1 heterocycles. The van der Waals surface area contributed by atoms with Crippen molar-refractivity contribution >= 4 is 23.5 Å². The van der Waals surface area contributed by atoms with Gasteiger partial charge in [-0.1, -0.05) is 42.1 Å². The molecule has 0 radical (unpaired) electrons. The predicted octanol–water partition coefficient (Wildman–Crippen LogP) is 3.09. The van der Waals surface area contributed by atoms with E-state index in [2.05, 4.69) is 16.9 Å². The number of esters is 1. The molecular formula is C15H17N3O2S. The van der Waals surface area contributed by atoms with Crippen molar-refractivity contribution in [2.45, 2.75) is 24.3 Å². The maximum atomic E-state index is 11.6. The van der Waals surface area contributed by atoms with Gasteiger partial charge in [0.15, 0.2) is 5.16 Å². The fourth-order valence-corrected chi connectivity index (χ4v) is 2.63. The van der Waals surface area contributed by atoms with Crippen molar-refractivity contribution in [1.29, 1.82) is 0 Å². The molecule has 2 aromatic rings. The van der Waals surface area contributed by atoms with Crippen LogP contribution < -0.4 is 5.73 Å². The van der Waals surface area contributed by atoms with Gasteiger partial charge in [-0.05, 0) is 19.4 Å². The van der Waals surface area contributed by atoms with Gasteiger partial charge >= 0.3 is 5.97 Å². The molecule has 0 aliphatic rings. The number of rotatable bonds is 5. The van der Waals surface area contributed by atoms with E-state index in [9.17, 15) is 4.79 Å². The highest BCUT2D eigenvalue weighted by Gasteiger charge is 2.15. The lowest BCUT2D eigenvalue weighted by Crippen LogP contribution is -2.10. The Bertz CT molecular complexity index is 620. The number of thioether (sulfide) groups is 1. The summed E-state index contributed by atoms with van der Waals surface area (Å²) in [5, 5.41) is 0.732. The van der Waals surface area contributed by atoms with E-state index in [0.717, 1.165) is 0 Å². The predicted molar refractivity (Wildman–Crippen MR) is 83.1 cm³/mol. The Labute approximate surface area is 127 Å². The number of carbonyl (C=O) groups excluding carboxylic acids is 1. The normalized spacial score (nSPS) is 11.9. The minimum absolute atomic E-state index is 0.145. The monoisotopic (exact) mass is 303 g/mol. The van der Waals surface area contributed by atoms with E-state index in [1.54, 1.807) is 6.92 Å². The first-order valence-corrected chi connectivity index (χ1v) is 7.51. The second kappa shape index (κ2) is 7.08. The van der Waals surface area contributed by atoms with Gasteiger partial charge in [-0.3, -0.25) is 0 Å². The van der Waals surface area contributed by atoms with Gasteiger partial charge in [0.25, 0.3) is 0 Å². The molecule has 110 valence electrons. The SMILES string of the molecule is CCOC(=O)c1cnc(S[C@@H](C)c2ccccc2)nc1N. The van der Waals surface area contributed by atoms with E-state index in [-0.39, 0.29) is 16.6 Å². The lowest BCUT2D eigenvalue weighted by molar-refractivity contribution is 0.0526. The molecule has 0 aliphatic heterocycles. The lowest BCUT2D eigenvalue weighted by atomic mass is 10.2. The molecule has 21 heavy (non-hydrogen) atoms. The molecule has 1 atom stereocenters. The van der Waals surface area contributed by atoms with Gasteiger partial charge in [0.05, 0.1) is 6.61 Å². The Morgan fingerprint density at radius 3 is 2.71 bits per heavy atom. The van der Waals surface area contributed by atoms with Gasteiger partial charge in [-0.15, -0.1) is 0 Å². The Morgan fingerprint density at radius 1 is 1.38 bits per heavy atom. The zero-order valence-electron chi connectivity index (χ0n) is 11.9. The molecule has 0 saturated carbocycles. The second-order valence-corrected chi connectivity index (χ2v) is 5.65. The molecular weight excluding hydrogens is 286 g/mol. The molecule has 0 aliphatic carbocycles. The maximum absolute atomic E-state index is 11.6. The number of carbonyl (C=O) groups is 1. The summed E-state index contributed by atoms with van der Waals surface area (Å²) in [6.07, 6.45) is 1.42. The summed E-state index contributed by atoms with van der Waals surface area (Å²) < 4.78 is 4.89. The summed E-state index contributed by atoms with van der Waals surface area (Å²) in [6.45, 7) is 4.10. The topological polar surface area (TPSA) is 78.1 Å². The first kappa shape index (κ1) is 15.3. The zero-order chi connectivity index (χ0) is 15.2. The Balaban J connectivity index is 2.12. The van der Waals surface area contributed by atoms with Crippen LogP contribution >= 0.6 is 11.8 Å². The summed E-state index contributed by atoms with van der Waals surface area (Å²) in [5.74, 6) is -0.353. The van der Waals surface area contributed by atoms with Crippen LogP contribution in [0.4, 0.5) is 5.82 Å². The first-order chi connectivity index (χ1) is 10.1. The smallest absolute Gasteiger partial charge is 0.343 e. The summed E-state index contributed by atoms with van der Waals surface area (Å²) in [6, 6.07) is 10.1. The Hall–Kier alpha value is -2.08. The standard InChI is InChI=1S/C15H17N3O2S/c1-3-20-14(19)12-9-17-15(18-13(12)16)21-10(2)11-7-5-4-6-8-11/h4-10H,3H2,1-2H3,(H2,16,17,18)/t10-/m0/s1. The summed E-state index contributed by atoms with van der Waals surface area (Å²) in [4.78, 5) is 20.0. The largest absolute Gasteiger partial charge is 0.462 e. The summed E-state index contributed by atoms with van der Waals surface area (Å²) in [5.41, 5.74) is 7.18. The summed E-state index contributed by atoms with van der Waals surface area (Å²) >= 11 is 1.49. The number of aromatic nitrogens is 2. The van der Waals surface area contributed by atoms with Crippen molar-refractivity contribution in [1.82, 2.24) is 9.97 Å². The first-order valence-electron chi connectivity index (χ1n) is 6.63. The van der Waals surface area contributed by atoms with E-state index < -0.39 is 5.97 Å². The van der Waals surface area contributed by atoms with Crippen molar-refractivity contribution in [3.8, 4) is 0 Å². The van der Waals surface area contributed by atoms with Crippen LogP contribution in [0.3, 0.4) is 0 Å². The Morgan fingerprint density at radius 2 is 2.10 bits per heavy atom. The van der Waals surface area contributed by atoms with Crippen LogP contribution in [0.1, 0.15) is 35.0 Å². The van der Waals surface area contributed by atoms with Gasteiger partial charge in [-0.2, -0.15) is 0 Å². The second-order valence-electron chi connectivity index (χ2n) is 4.34. The molecule has 1 aromatic heterocycles. The molecule has 0 unspecified atom stereocenters. The van der Waals surface area contributed by atoms with Crippen LogP contribution in [0.2, 0.25) is 0 Å². The molecule has 0 amide bonds. The van der Waals surface area contributed by atoms with Gasteiger partial charge in [0.1, 0.15) is 11.4 Å². The number of nitrogens with zero attached hydrogens (tertiary/aromatic N) is 2. The van der Waals surface area contributed by atoms with Crippen molar-refractivity contribution < 1.29 is 9.53 Å². The minimum Gasteiger partial charge on any atom is -0.462 e. The van der Waals surface area contributed by atoms with Crippen LogP contribution in [-0.4, -0.2) is 22.5 Å². The zero-order valence-corrected chi connectivity index (χ0v) is 12.8. The third kappa shape index (κ3) is 3.95. The van der Waals surface area contributed by atoms with Crippen molar-refractivity contribution in [2.75, 3.05) is 12.3 Å². The van der Waals surface area contributed by atoms with Gasteiger partial charge in [0, 0.05) is 11.4 Å². The molecule has 6 heteroatoms. The molecule has 5 nitrogen and oxygen atoms in total. The van der Waals surface area contributed by atoms with E-state index in [0.29, 0.717) is 11.8 Å². The van der Waals surface area contributed by atoms with E-state index in [4.69, 9.17) is 10.5 Å². The number of hydrogen-bond acceptors (Lipinski definition) is 6. The van der Waals surface area contributed by atoms with Crippen molar-refractivity contribution in [3.05, 3.63) is 47.7 Å². The number of anilines is 1. The number of nitrogens with two attached hydrogens (primary N) is 1. The van der Waals surface area contributed by atoms with Gasteiger partial charge in [0.2, 0.25) is 0 Å². The van der Waals surface area contributed by atoms with Crippen LogP contribution in [0.25, 0.3) is 0 Å². The fourth-order valence-electron chi connectivity index (χ4n) is 1.75. The van der Waals surface area contributed by atoms with Crippen molar-refractivity contribution in [2.24, 2.45) is 0 Å². The highest BCUT2D eigenvalue weighted by molar-refractivity contribution is 7.99. The maximum Gasteiger partial charge on any atom is 0.343 e.